The molecule has 1 saturated carbocycles. The average molecular weight is 627 g/mol. The summed E-state index contributed by atoms with van der Waals surface area (Å²) in [7, 11) is -3.73. The van der Waals surface area contributed by atoms with E-state index in [0.717, 1.165) is 24.8 Å². The van der Waals surface area contributed by atoms with Gasteiger partial charge in [0.2, 0.25) is 10.0 Å². The van der Waals surface area contributed by atoms with Crippen molar-refractivity contribution >= 4 is 33.0 Å². The van der Waals surface area contributed by atoms with Gasteiger partial charge < -0.3 is 11.1 Å². The van der Waals surface area contributed by atoms with Crippen LogP contribution in [0.5, 0.6) is 0 Å². The smallest absolute Gasteiger partial charge is 0.252 e. The van der Waals surface area contributed by atoms with Crippen LogP contribution in [-0.4, -0.2) is 47.6 Å². The maximum absolute atomic E-state index is 13.5. The number of hydrogen-bond donors (Lipinski definition) is 2. The van der Waals surface area contributed by atoms with Crippen LogP contribution in [0.2, 0.25) is 0 Å². The molecule has 3 N–H and O–H groups in total. The number of fused-ring (bicyclic) bond motifs is 1. The predicted octanol–water partition coefficient (Wildman–Crippen LogP) is 4.43. The Hall–Kier alpha value is -5.10. The fourth-order valence-electron chi connectivity index (χ4n) is 5.66. The third kappa shape index (κ3) is 5.88. The fourth-order valence-corrected chi connectivity index (χ4v) is 6.64. The van der Waals surface area contributed by atoms with Crippen molar-refractivity contribution in [3.8, 4) is 11.1 Å². The number of amides is 2. The zero-order chi connectivity index (χ0) is 31.9. The number of rotatable bonds is 10. The minimum Gasteiger partial charge on any atom is -0.365 e. The van der Waals surface area contributed by atoms with Crippen LogP contribution in [0.4, 0.5) is 10.1 Å². The Kier molecular flexibility index (Phi) is 7.61. The van der Waals surface area contributed by atoms with Gasteiger partial charge in [0.15, 0.2) is 0 Å². The summed E-state index contributed by atoms with van der Waals surface area (Å²) in [5.74, 6) is -1.39. The molecule has 0 radical (unpaired) electrons. The van der Waals surface area contributed by atoms with Crippen LogP contribution in [0.25, 0.3) is 16.6 Å². The van der Waals surface area contributed by atoms with Gasteiger partial charge in [-0.25, -0.2) is 17.3 Å². The van der Waals surface area contributed by atoms with Crippen LogP contribution in [-0.2, 0) is 22.0 Å². The number of primary amides is 1. The molecule has 45 heavy (non-hydrogen) atoms. The highest BCUT2D eigenvalue weighted by molar-refractivity contribution is 7.92. The molecule has 1 aliphatic rings. The minimum atomic E-state index is -3.73. The maximum Gasteiger partial charge on any atom is 0.252 e. The summed E-state index contributed by atoms with van der Waals surface area (Å²) in [4.78, 5) is 30.7. The molecule has 3 heterocycles. The second kappa shape index (κ2) is 11.4. The molecule has 230 valence electrons. The molecule has 0 unspecified atom stereocenters. The van der Waals surface area contributed by atoms with E-state index in [4.69, 9.17) is 5.73 Å². The fraction of sp³-hybridized carbons (Fsp3) is 0.212. The van der Waals surface area contributed by atoms with Gasteiger partial charge in [0.25, 0.3) is 11.8 Å². The third-order valence-corrected chi connectivity index (χ3v) is 9.26. The number of nitrogens with zero attached hydrogens (tertiary/aromatic N) is 4. The third-order valence-electron chi connectivity index (χ3n) is 8.00. The molecular weight excluding hydrogens is 595 g/mol. The van der Waals surface area contributed by atoms with Gasteiger partial charge in [-0.1, -0.05) is 30.3 Å². The van der Waals surface area contributed by atoms with E-state index in [2.05, 4.69) is 15.4 Å². The molecule has 0 aliphatic heterocycles. The van der Waals surface area contributed by atoms with Crippen molar-refractivity contribution in [3.05, 3.63) is 119 Å². The average Bonchev–Trinajstić information content (AvgIpc) is 3.71. The van der Waals surface area contributed by atoms with Gasteiger partial charge in [0.05, 0.1) is 46.1 Å². The largest absolute Gasteiger partial charge is 0.365 e. The lowest BCUT2D eigenvalue weighted by molar-refractivity contribution is 0.0928. The molecule has 10 nitrogen and oxygen atoms in total. The number of nitrogens with two attached hydrogens (primary N) is 1. The summed E-state index contributed by atoms with van der Waals surface area (Å²) in [6, 6.07) is 20.0. The first kappa shape index (κ1) is 29.9. The molecule has 12 heteroatoms. The molecule has 5 aromatic rings. The molecule has 0 atom stereocenters. The van der Waals surface area contributed by atoms with E-state index in [1.807, 2.05) is 18.2 Å². The van der Waals surface area contributed by atoms with E-state index in [-0.39, 0.29) is 24.4 Å². The van der Waals surface area contributed by atoms with Crippen molar-refractivity contribution in [1.29, 1.82) is 0 Å². The second-order valence-corrected chi connectivity index (χ2v) is 13.1. The van der Waals surface area contributed by atoms with Gasteiger partial charge in [0, 0.05) is 30.3 Å². The number of sulfonamides is 1. The number of benzene rings is 2. The first-order valence-electron chi connectivity index (χ1n) is 14.4. The Morgan fingerprint density at radius 3 is 2.44 bits per heavy atom. The summed E-state index contributed by atoms with van der Waals surface area (Å²) in [6.07, 6.45) is 6.09. The zero-order valence-corrected chi connectivity index (χ0v) is 25.5. The Bertz CT molecular complexity index is 2040. The van der Waals surface area contributed by atoms with Crippen molar-refractivity contribution in [1.82, 2.24) is 19.9 Å². The monoisotopic (exact) mass is 626 g/mol. The molecule has 3 aromatic heterocycles. The first-order valence-corrected chi connectivity index (χ1v) is 16.3. The van der Waals surface area contributed by atoms with Crippen LogP contribution < -0.4 is 15.4 Å². The van der Waals surface area contributed by atoms with E-state index in [1.165, 1.54) is 21.0 Å². The molecule has 1 fully saturated rings. The summed E-state index contributed by atoms with van der Waals surface area (Å²) in [6.45, 7) is 1.83. The zero-order valence-electron chi connectivity index (χ0n) is 24.7. The topological polar surface area (TPSA) is 140 Å². The second-order valence-electron chi connectivity index (χ2n) is 11.2. The summed E-state index contributed by atoms with van der Waals surface area (Å²) < 4.78 is 42.0. The molecule has 0 saturated heterocycles. The van der Waals surface area contributed by atoms with E-state index >= 15 is 0 Å². The van der Waals surface area contributed by atoms with Crippen LogP contribution in [0.15, 0.2) is 85.2 Å². The number of anilines is 1. The van der Waals surface area contributed by atoms with Gasteiger partial charge in [-0.2, -0.15) is 5.10 Å². The summed E-state index contributed by atoms with van der Waals surface area (Å²) in [5.41, 5.74) is 9.42. The SMILES string of the molecule is CCN(c1cn2nc(Cc3ccc(F)cc3)c(C(N)=O)c2cc1-c1cccc(C(=O)NC2(c3ccccn3)CC2)c1)S(C)(=O)=O. The highest BCUT2D eigenvalue weighted by Gasteiger charge is 2.47. The van der Waals surface area contributed by atoms with Crippen molar-refractivity contribution < 1.29 is 22.4 Å². The van der Waals surface area contributed by atoms with E-state index in [1.54, 1.807) is 61.8 Å². The predicted molar refractivity (Wildman–Crippen MR) is 169 cm³/mol. The Balaban J connectivity index is 1.46. The number of aromatic nitrogens is 3. The Morgan fingerprint density at radius 2 is 1.82 bits per heavy atom. The number of pyridine rings is 2. The quantitative estimate of drug-likeness (QED) is 0.235. The molecule has 6 rings (SSSR count). The number of hydrogen-bond acceptors (Lipinski definition) is 6. The van der Waals surface area contributed by atoms with Crippen LogP contribution >= 0.6 is 0 Å². The standard InChI is InChI=1S/C33H31FN6O4S/c1-3-40(45(2,43)44)28-20-39-27(30(31(35)41)26(38-39)17-21-10-12-24(34)13-11-21)19-25(28)22-7-6-8-23(18-22)32(42)37-33(14-15-33)29-9-4-5-16-36-29/h4-13,16,18-20H,3,14-15,17H2,1-2H3,(H2,35,41)(H,37,42). The van der Waals surface area contributed by atoms with Gasteiger partial charge >= 0.3 is 0 Å². The molecule has 1 aliphatic carbocycles. The number of carbonyl (C=O) groups is 2. The van der Waals surface area contributed by atoms with E-state index < -0.39 is 27.3 Å². The van der Waals surface area contributed by atoms with Gasteiger partial charge in [0.1, 0.15) is 5.82 Å². The number of halogens is 1. The molecule has 2 amide bonds. The van der Waals surface area contributed by atoms with E-state index in [0.29, 0.717) is 39.2 Å². The van der Waals surface area contributed by atoms with Crippen molar-refractivity contribution in [3.63, 3.8) is 0 Å². The van der Waals surface area contributed by atoms with Crippen molar-refractivity contribution in [2.75, 3.05) is 17.1 Å². The van der Waals surface area contributed by atoms with Crippen LogP contribution in [0.1, 0.15) is 57.4 Å². The maximum atomic E-state index is 13.5. The Labute approximate surface area is 259 Å². The first-order chi connectivity index (χ1) is 21.5. The lowest BCUT2D eigenvalue weighted by atomic mass is 9.99. The summed E-state index contributed by atoms with van der Waals surface area (Å²) >= 11 is 0. The molecular formula is C33H31FN6O4S. The minimum absolute atomic E-state index is 0.122. The number of nitrogens with one attached hydrogen (secondary N) is 1. The van der Waals surface area contributed by atoms with Gasteiger partial charge in [-0.15, -0.1) is 0 Å². The Morgan fingerprint density at radius 1 is 1.07 bits per heavy atom. The highest BCUT2D eigenvalue weighted by Crippen LogP contribution is 2.44. The highest BCUT2D eigenvalue weighted by atomic mass is 32.2. The molecule has 0 bridgehead atoms. The van der Waals surface area contributed by atoms with Gasteiger partial charge in [-0.3, -0.25) is 18.9 Å². The summed E-state index contributed by atoms with van der Waals surface area (Å²) in [5, 5.41) is 7.73. The van der Waals surface area contributed by atoms with Crippen LogP contribution in [0, 0.1) is 5.82 Å². The molecule has 2 aromatic carbocycles. The van der Waals surface area contributed by atoms with Gasteiger partial charge in [-0.05, 0) is 73.4 Å². The normalized spacial score (nSPS) is 13.8. The number of carbonyl (C=O) groups excluding carboxylic acids is 2. The van der Waals surface area contributed by atoms with E-state index in [9.17, 15) is 22.4 Å². The van der Waals surface area contributed by atoms with Crippen LogP contribution in [0.3, 0.4) is 0 Å². The van der Waals surface area contributed by atoms with Crippen molar-refractivity contribution in [2.24, 2.45) is 5.73 Å². The van der Waals surface area contributed by atoms with Crippen molar-refractivity contribution in [2.45, 2.75) is 31.7 Å². The lowest BCUT2D eigenvalue weighted by Crippen LogP contribution is -2.35. The molecule has 0 spiro atoms. The lowest BCUT2D eigenvalue weighted by Gasteiger charge is -2.24.